The van der Waals surface area contributed by atoms with Crippen LogP contribution < -0.4 is 10.2 Å². The molecule has 7 nitrogen and oxygen atoms in total. The number of nitrogens with one attached hydrogen (secondary N) is 1. The molecule has 2 fully saturated rings. The molecule has 0 bridgehead atoms. The summed E-state index contributed by atoms with van der Waals surface area (Å²) in [6, 6.07) is 5.29. The van der Waals surface area contributed by atoms with Crippen LogP contribution in [0.5, 0.6) is 0 Å². The molecule has 2 unspecified atom stereocenters. The van der Waals surface area contributed by atoms with Crippen LogP contribution in [0.25, 0.3) is 0 Å². The fourth-order valence-corrected chi connectivity index (χ4v) is 7.09. The molecule has 2 atom stereocenters. The van der Waals surface area contributed by atoms with Crippen LogP contribution in [0.3, 0.4) is 0 Å². The van der Waals surface area contributed by atoms with Crippen molar-refractivity contribution in [2.75, 3.05) is 18.0 Å². The third kappa shape index (κ3) is 4.71. The summed E-state index contributed by atoms with van der Waals surface area (Å²) < 4.78 is 28.3. The van der Waals surface area contributed by atoms with Gasteiger partial charge in [0.05, 0.1) is 10.8 Å². The van der Waals surface area contributed by atoms with Crippen molar-refractivity contribution in [3.8, 4) is 0 Å². The third-order valence-corrected chi connectivity index (χ3v) is 9.06. The molecule has 1 saturated heterocycles. The first-order valence-corrected chi connectivity index (χ1v) is 13.4. The number of amides is 2. The summed E-state index contributed by atoms with van der Waals surface area (Å²) in [5.74, 6) is -0.341. The zero-order chi connectivity index (χ0) is 22.9. The van der Waals surface area contributed by atoms with Crippen molar-refractivity contribution in [2.45, 2.75) is 88.6 Å². The van der Waals surface area contributed by atoms with Gasteiger partial charge in [0.25, 0.3) is 0 Å². The van der Waals surface area contributed by atoms with Crippen LogP contribution in [0.2, 0.25) is 0 Å². The molecule has 32 heavy (non-hydrogen) atoms. The summed E-state index contributed by atoms with van der Waals surface area (Å²) in [5.41, 5.74) is 1.68. The Labute approximate surface area is 191 Å². The van der Waals surface area contributed by atoms with E-state index in [9.17, 15) is 18.0 Å². The van der Waals surface area contributed by atoms with Gasteiger partial charge < -0.3 is 10.2 Å². The molecule has 1 aromatic carbocycles. The van der Waals surface area contributed by atoms with Crippen LogP contribution in [0.1, 0.15) is 70.8 Å². The highest BCUT2D eigenvalue weighted by molar-refractivity contribution is 7.89. The highest BCUT2D eigenvalue weighted by Crippen LogP contribution is 2.35. The first-order valence-electron chi connectivity index (χ1n) is 12.0. The van der Waals surface area contributed by atoms with Gasteiger partial charge in [-0.2, -0.15) is 4.31 Å². The van der Waals surface area contributed by atoms with Crippen molar-refractivity contribution in [1.29, 1.82) is 0 Å². The van der Waals surface area contributed by atoms with E-state index in [1.165, 1.54) is 24.1 Å². The van der Waals surface area contributed by atoms with Gasteiger partial charge in [-0.3, -0.25) is 9.59 Å². The highest BCUT2D eigenvalue weighted by Gasteiger charge is 2.36. The second-order valence-electron chi connectivity index (χ2n) is 9.63. The van der Waals surface area contributed by atoms with Gasteiger partial charge in [-0.15, -0.1) is 0 Å². The van der Waals surface area contributed by atoms with E-state index in [4.69, 9.17) is 0 Å². The number of fused-ring (bicyclic) bond motifs is 1. The first-order chi connectivity index (χ1) is 15.3. The van der Waals surface area contributed by atoms with Crippen molar-refractivity contribution in [2.24, 2.45) is 5.92 Å². The zero-order valence-electron chi connectivity index (χ0n) is 19.2. The largest absolute Gasteiger partial charge is 0.353 e. The molecule has 3 aliphatic rings. The summed E-state index contributed by atoms with van der Waals surface area (Å²) in [7, 11) is -3.69. The molecule has 0 spiro atoms. The Bertz CT molecular complexity index is 969. The SMILES string of the molecule is CC(=O)N1c2ccc(S(=O)(=O)N3CCCC(C(=O)NC4CCCCCC4)C3)cc2CC1C. The lowest BCUT2D eigenvalue weighted by Gasteiger charge is -2.32. The Morgan fingerprint density at radius 3 is 2.44 bits per heavy atom. The van der Waals surface area contributed by atoms with Crippen molar-refractivity contribution in [1.82, 2.24) is 9.62 Å². The number of carbonyl (C=O) groups excluding carboxylic acids is 2. The highest BCUT2D eigenvalue weighted by atomic mass is 32.2. The van der Waals surface area contributed by atoms with E-state index in [0.29, 0.717) is 19.4 Å². The molecular weight excluding hydrogens is 426 g/mol. The van der Waals surface area contributed by atoms with Crippen molar-refractivity contribution in [3.63, 3.8) is 0 Å². The Morgan fingerprint density at radius 2 is 1.75 bits per heavy atom. The minimum atomic E-state index is -3.69. The minimum absolute atomic E-state index is 0.00308. The maximum Gasteiger partial charge on any atom is 0.243 e. The van der Waals surface area contributed by atoms with Crippen LogP contribution >= 0.6 is 0 Å². The van der Waals surface area contributed by atoms with Gasteiger partial charge in [-0.25, -0.2) is 8.42 Å². The average molecular weight is 462 g/mol. The third-order valence-electron chi connectivity index (χ3n) is 7.20. The van der Waals surface area contributed by atoms with Crippen LogP contribution in [-0.4, -0.2) is 49.7 Å². The fourth-order valence-electron chi connectivity index (χ4n) is 5.51. The fraction of sp³-hybridized carbons (Fsp3) is 0.667. The molecule has 0 aromatic heterocycles. The lowest BCUT2D eigenvalue weighted by molar-refractivity contribution is -0.127. The summed E-state index contributed by atoms with van der Waals surface area (Å²) in [6.45, 7) is 4.17. The lowest BCUT2D eigenvalue weighted by Crippen LogP contribution is -2.47. The van der Waals surface area contributed by atoms with E-state index >= 15 is 0 Å². The number of rotatable bonds is 4. The van der Waals surface area contributed by atoms with Crippen LogP contribution in [0, 0.1) is 5.92 Å². The van der Waals surface area contributed by atoms with Gasteiger partial charge in [0.15, 0.2) is 0 Å². The number of carbonyl (C=O) groups is 2. The Morgan fingerprint density at radius 1 is 1.03 bits per heavy atom. The summed E-state index contributed by atoms with van der Waals surface area (Å²) in [6.07, 6.45) is 8.84. The predicted octanol–water partition coefficient (Wildman–Crippen LogP) is 3.22. The van der Waals surface area contributed by atoms with E-state index in [2.05, 4.69) is 5.32 Å². The Balaban J connectivity index is 1.46. The minimum Gasteiger partial charge on any atom is -0.353 e. The summed E-state index contributed by atoms with van der Waals surface area (Å²) in [5, 5.41) is 3.20. The van der Waals surface area contributed by atoms with Crippen LogP contribution in [-0.2, 0) is 26.0 Å². The molecule has 0 radical (unpaired) electrons. The molecule has 1 aromatic rings. The topological polar surface area (TPSA) is 86.8 Å². The van der Waals surface area contributed by atoms with E-state index in [1.807, 2.05) is 6.92 Å². The number of hydrogen-bond acceptors (Lipinski definition) is 4. The molecule has 8 heteroatoms. The standard InChI is InChI=1S/C24H35N3O4S/c1-17-14-20-15-22(11-12-23(20)27(17)18(2)28)32(30,31)26-13-7-8-19(16-26)24(29)25-21-9-5-3-4-6-10-21/h11-12,15,17,19,21H,3-10,13-14,16H2,1-2H3,(H,25,29). The summed E-state index contributed by atoms with van der Waals surface area (Å²) >= 11 is 0. The number of hydrogen-bond donors (Lipinski definition) is 1. The Kier molecular flexibility index (Phi) is 6.91. The van der Waals surface area contributed by atoms with Gasteiger partial charge in [-0.05, 0) is 62.8 Å². The lowest BCUT2D eigenvalue weighted by atomic mass is 9.97. The maximum atomic E-state index is 13.4. The average Bonchev–Trinajstić information content (AvgIpc) is 2.91. The molecule has 2 aliphatic heterocycles. The van der Waals surface area contributed by atoms with Crippen molar-refractivity contribution < 1.29 is 18.0 Å². The van der Waals surface area contributed by atoms with Gasteiger partial charge in [0.1, 0.15) is 0 Å². The van der Waals surface area contributed by atoms with Gasteiger partial charge >= 0.3 is 0 Å². The quantitative estimate of drug-likeness (QED) is 0.698. The number of benzene rings is 1. The second kappa shape index (κ2) is 9.51. The van der Waals surface area contributed by atoms with E-state index in [1.54, 1.807) is 23.1 Å². The van der Waals surface area contributed by atoms with E-state index in [-0.39, 0.29) is 41.3 Å². The molecule has 176 valence electrons. The number of sulfonamides is 1. The number of nitrogens with zero attached hydrogens (tertiary/aromatic N) is 2. The molecule has 4 rings (SSSR count). The van der Waals surface area contributed by atoms with Crippen LogP contribution in [0.15, 0.2) is 23.1 Å². The molecule has 2 amide bonds. The first kappa shape index (κ1) is 23.2. The Hall–Kier alpha value is -1.93. The van der Waals surface area contributed by atoms with Crippen LogP contribution in [0.4, 0.5) is 5.69 Å². The maximum absolute atomic E-state index is 13.4. The zero-order valence-corrected chi connectivity index (χ0v) is 20.0. The van der Waals surface area contributed by atoms with E-state index < -0.39 is 10.0 Å². The molecule has 1 saturated carbocycles. The van der Waals surface area contributed by atoms with Crippen molar-refractivity contribution in [3.05, 3.63) is 23.8 Å². The van der Waals surface area contributed by atoms with E-state index in [0.717, 1.165) is 43.4 Å². The second-order valence-corrected chi connectivity index (χ2v) is 11.6. The molecule has 1 aliphatic carbocycles. The van der Waals surface area contributed by atoms with Crippen molar-refractivity contribution >= 4 is 27.5 Å². The predicted molar refractivity (Wildman–Crippen MR) is 124 cm³/mol. The van der Waals surface area contributed by atoms with Gasteiger partial charge in [-0.1, -0.05) is 25.7 Å². The smallest absolute Gasteiger partial charge is 0.243 e. The molecule has 1 N–H and O–H groups in total. The molecular formula is C24H35N3O4S. The number of piperidine rings is 1. The summed E-state index contributed by atoms with van der Waals surface area (Å²) in [4.78, 5) is 26.9. The van der Waals surface area contributed by atoms with Gasteiger partial charge in [0.2, 0.25) is 21.8 Å². The normalized spacial score (nSPS) is 25.2. The monoisotopic (exact) mass is 461 g/mol. The number of anilines is 1. The molecule has 2 heterocycles. The van der Waals surface area contributed by atoms with Gasteiger partial charge in [0, 0.05) is 37.8 Å².